The average Bonchev–Trinajstić information content (AvgIpc) is 3.30. The highest BCUT2D eigenvalue weighted by molar-refractivity contribution is 6.12. The molecule has 2 aromatic heterocycles. The standard InChI is InChI=1S/C24H34N8O2/c1-3-19(4-2)28-14-18(12-26)23-22-5-6-30-32(22)15-21(31-23)17(11-25)13-29-20-9-16(10-20)24(34)27-7-8-33/h5-6,11-16,19-20,33H,3-4,7-10,25-26H2,1-2H3,(H,27,34). The third-order valence-corrected chi connectivity index (χ3v) is 6.00. The van der Waals surface area contributed by atoms with Crippen LogP contribution in [0.25, 0.3) is 16.7 Å². The van der Waals surface area contributed by atoms with Crippen LogP contribution in [-0.4, -0.2) is 63.3 Å². The Labute approximate surface area is 199 Å². The van der Waals surface area contributed by atoms with Crippen LogP contribution in [0.5, 0.6) is 0 Å². The van der Waals surface area contributed by atoms with Gasteiger partial charge in [-0.05, 0) is 31.7 Å². The van der Waals surface area contributed by atoms with Gasteiger partial charge in [-0.25, -0.2) is 9.50 Å². The van der Waals surface area contributed by atoms with Crippen molar-refractivity contribution in [3.05, 3.63) is 42.2 Å². The summed E-state index contributed by atoms with van der Waals surface area (Å²) in [6.45, 7) is 4.42. The van der Waals surface area contributed by atoms with E-state index in [4.69, 9.17) is 21.6 Å². The number of aliphatic hydroxyl groups excluding tert-OH is 1. The highest BCUT2D eigenvalue weighted by Gasteiger charge is 2.33. The Hall–Kier alpha value is -3.53. The molecular weight excluding hydrogens is 432 g/mol. The Morgan fingerprint density at radius 1 is 1.26 bits per heavy atom. The van der Waals surface area contributed by atoms with Gasteiger partial charge in [-0.1, -0.05) is 13.8 Å². The second-order valence-electron chi connectivity index (χ2n) is 8.24. The van der Waals surface area contributed by atoms with Gasteiger partial charge in [0.2, 0.25) is 5.91 Å². The van der Waals surface area contributed by atoms with Crippen molar-refractivity contribution < 1.29 is 9.90 Å². The van der Waals surface area contributed by atoms with Crippen molar-refractivity contribution in [1.82, 2.24) is 19.9 Å². The van der Waals surface area contributed by atoms with Crippen LogP contribution in [0.3, 0.4) is 0 Å². The van der Waals surface area contributed by atoms with Crippen LogP contribution >= 0.6 is 0 Å². The minimum Gasteiger partial charge on any atom is -0.404 e. The number of allylic oxidation sites excluding steroid dienone is 2. The molecule has 0 aromatic carbocycles. The maximum atomic E-state index is 12.0. The predicted molar refractivity (Wildman–Crippen MR) is 135 cm³/mol. The molecule has 2 heterocycles. The van der Waals surface area contributed by atoms with E-state index in [1.54, 1.807) is 29.3 Å². The Bertz CT molecular complexity index is 1090. The summed E-state index contributed by atoms with van der Waals surface area (Å²) in [5.41, 5.74) is 15.3. The first-order chi connectivity index (χ1) is 16.5. The van der Waals surface area contributed by atoms with Crippen LogP contribution in [0.2, 0.25) is 0 Å². The number of nitrogens with two attached hydrogens (primary N) is 2. The summed E-state index contributed by atoms with van der Waals surface area (Å²) in [7, 11) is 0. The largest absolute Gasteiger partial charge is 0.404 e. The molecule has 0 saturated heterocycles. The number of hydrogen-bond acceptors (Lipinski definition) is 8. The molecule has 6 N–H and O–H groups in total. The number of nitrogens with zero attached hydrogens (tertiary/aromatic N) is 5. The summed E-state index contributed by atoms with van der Waals surface area (Å²) < 4.78 is 1.73. The lowest BCUT2D eigenvalue weighted by atomic mass is 9.80. The van der Waals surface area contributed by atoms with Crippen molar-refractivity contribution in [2.75, 3.05) is 13.2 Å². The lowest BCUT2D eigenvalue weighted by Gasteiger charge is -2.31. The summed E-state index contributed by atoms with van der Waals surface area (Å²) in [4.78, 5) is 26.0. The van der Waals surface area contributed by atoms with Gasteiger partial charge in [0.15, 0.2) is 0 Å². The molecule has 3 rings (SSSR count). The van der Waals surface area contributed by atoms with Crippen molar-refractivity contribution in [1.29, 1.82) is 0 Å². The number of rotatable bonds is 11. The SMILES string of the molecule is CCC(CC)N=CC(=CN)c1nc(C(C=NC2CC(C(=O)NCCO)C2)=CN)cn2nccc12. The van der Waals surface area contributed by atoms with E-state index in [-0.39, 0.29) is 37.1 Å². The van der Waals surface area contributed by atoms with Gasteiger partial charge in [0.05, 0.1) is 41.9 Å². The van der Waals surface area contributed by atoms with Crippen LogP contribution in [0.4, 0.5) is 0 Å². The van der Waals surface area contributed by atoms with Crippen molar-refractivity contribution in [3.63, 3.8) is 0 Å². The highest BCUT2D eigenvalue weighted by atomic mass is 16.3. The average molecular weight is 467 g/mol. The van der Waals surface area contributed by atoms with E-state index in [9.17, 15) is 4.79 Å². The van der Waals surface area contributed by atoms with Crippen molar-refractivity contribution >= 4 is 35.0 Å². The third kappa shape index (κ3) is 5.88. The van der Waals surface area contributed by atoms with Gasteiger partial charge >= 0.3 is 0 Å². The van der Waals surface area contributed by atoms with E-state index in [0.29, 0.717) is 35.4 Å². The third-order valence-electron chi connectivity index (χ3n) is 6.00. The molecule has 34 heavy (non-hydrogen) atoms. The van der Waals surface area contributed by atoms with E-state index in [1.807, 2.05) is 6.07 Å². The van der Waals surface area contributed by atoms with Gasteiger partial charge in [-0.3, -0.25) is 14.8 Å². The maximum Gasteiger partial charge on any atom is 0.223 e. The molecule has 182 valence electrons. The molecule has 10 heteroatoms. The molecule has 0 bridgehead atoms. The van der Waals surface area contributed by atoms with Gasteiger partial charge < -0.3 is 21.9 Å². The summed E-state index contributed by atoms with van der Waals surface area (Å²) >= 11 is 0. The number of carbonyl (C=O) groups is 1. The van der Waals surface area contributed by atoms with Crippen molar-refractivity contribution in [3.8, 4) is 0 Å². The van der Waals surface area contributed by atoms with E-state index in [2.05, 4.69) is 34.2 Å². The zero-order valence-corrected chi connectivity index (χ0v) is 19.8. The number of carbonyl (C=O) groups excluding carboxylic acids is 1. The Balaban J connectivity index is 1.80. The number of hydrogen-bond donors (Lipinski definition) is 4. The van der Waals surface area contributed by atoms with Crippen LogP contribution in [0.1, 0.15) is 50.9 Å². The van der Waals surface area contributed by atoms with Gasteiger partial charge in [0, 0.05) is 54.5 Å². The molecule has 2 aromatic rings. The minimum absolute atomic E-state index is 0.0401. The van der Waals surface area contributed by atoms with Gasteiger partial charge in [-0.2, -0.15) is 5.10 Å². The van der Waals surface area contributed by atoms with Gasteiger partial charge in [-0.15, -0.1) is 0 Å². The number of aromatic nitrogens is 3. The molecular formula is C24H34N8O2. The number of aliphatic imine (C=N–C) groups is 2. The zero-order chi connectivity index (χ0) is 24.5. The molecule has 1 saturated carbocycles. The zero-order valence-electron chi connectivity index (χ0n) is 19.8. The first kappa shape index (κ1) is 25.1. The van der Waals surface area contributed by atoms with E-state index >= 15 is 0 Å². The molecule has 0 atom stereocenters. The summed E-state index contributed by atoms with van der Waals surface area (Å²) in [5.74, 6) is -0.113. The van der Waals surface area contributed by atoms with E-state index in [1.165, 1.54) is 12.4 Å². The fourth-order valence-electron chi connectivity index (χ4n) is 3.77. The first-order valence-electron chi connectivity index (χ1n) is 11.7. The molecule has 0 aliphatic heterocycles. The van der Waals surface area contributed by atoms with E-state index in [0.717, 1.165) is 18.4 Å². The number of amides is 1. The molecule has 10 nitrogen and oxygen atoms in total. The summed E-state index contributed by atoms with van der Waals surface area (Å²) in [6, 6.07) is 2.14. The summed E-state index contributed by atoms with van der Waals surface area (Å²) in [6.07, 6.45) is 13.1. The molecule has 1 aliphatic carbocycles. The fraction of sp³-hybridized carbons (Fsp3) is 0.458. The molecule has 1 aliphatic rings. The molecule has 0 radical (unpaired) electrons. The first-order valence-corrected chi connectivity index (χ1v) is 11.7. The quantitative estimate of drug-likeness (QED) is 0.368. The number of fused-ring (bicyclic) bond motifs is 1. The minimum atomic E-state index is -0.0734. The maximum absolute atomic E-state index is 12.0. The summed E-state index contributed by atoms with van der Waals surface area (Å²) in [5, 5.41) is 15.9. The lowest BCUT2D eigenvalue weighted by molar-refractivity contribution is -0.128. The lowest BCUT2D eigenvalue weighted by Crippen LogP contribution is -2.41. The van der Waals surface area contributed by atoms with Crippen molar-refractivity contribution in [2.45, 2.75) is 51.6 Å². The van der Waals surface area contributed by atoms with Crippen LogP contribution in [0.15, 0.2) is 40.8 Å². The Morgan fingerprint density at radius 2 is 2.00 bits per heavy atom. The van der Waals surface area contributed by atoms with Gasteiger partial charge in [0.25, 0.3) is 0 Å². The fourth-order valence-corrected chi connectivity index (χ4v) is 3.77. The second kappa shape index (κ2) is 12.1. The normalized spacial score (nSPS) is 19.4. The van der Waals surface area contributed by atoms with Crippen molar-refractivity contribution in [2.24, 2.45) is 27.4 Å². The van der Waals surface area contributed by atoms with Crippen LogP contribution < -0.4 is 16.8 Å². The molecule has 0 unspecified atom stereocenters. The monoisotopic (exact) mass is 466 g/mol. The second-order valence-corrected chi connectivity index (χ2v) is 8.24. The van der Waals surface area contributed by atoms with Crippen LogP contribution in [-0.2, 0) is 4.79 Å². The number of nitrogens with one attached hydrogen (secondary N) is 1. The topological polar surface area (TPSA) is 156 Å². The van der Waals surface area contributed by atoms with E-state index < -0.39 is 0 Å². The highest BCUT2D eigenvalue weighted by Crippen LogP contribution is 2.30. The molecule has 0 spiro atoms. The Kier molecular flexibility index (Phi) is 8.92. The predicted octanol–water partition coefficient (Wildman–Crippen LogP) is 1.55. The molecule has 1 amide bonds. The van der Waals surface area contributed by atoms with Crippen LogP contribution in [0, 0.1) is 5.92 Å². The Morgan fingerprint density at radius 3 is 2.65 bits per heavy atom. The molecule has 1 fully saturated rings. The smallest absolute Gasteiger partial charge is 0.223 e. The van der Waals surface area contributed by atoms with Gasteiger partial charge in [0.1, 0.15) is 0 Å². The number of aliphatic hydroxyl groups is 1.